The van der Waals surface area contributed by atoms with Crippen molar-refractivity contribution in [1.82, 2.24) is 10.0 Å². The molecule has 2 heterocycles. The molecular formula is C22H22FN3O2. The molecule has 0 bridgehead atoms. The summed E-state index contributed by atoms with van der Waals surface area (Å²) in [5, 5.41) is 2.75. The van der Waals surface area contributed by atoms with Gasteiger partial charge in [-0.05, 0) is 54.8 Å². The molecule has 0 fully saturated rings. The van der Waals surface area contributed by atoms with Crippen LogP contribution in [0.5, 0.6) is 0 Å². The third-order valence-electron chi connectivity index (χ3n) is 5.27. The smallest absolute Gasteiger partial charge is 0.245 e. The second-order valence-corrected chi connectivity index (χ2v) is 7.22. The van der Waals surface area contributed by atoms with Crippen LogP contribution in [0.3, 0.4) is 0 Å². The number of hydrogen-bond acceptors (Lipinski definition) is 3. The number of nitrogens with two attached hydrogens (primary N) is 1. The summed E-state index contributed by atoms with van der Waals surface area (Å²) in [6, 6.07) is 12.4. The maximum atomic E-state index is 13.6. The zero-order valence-corrected chi connectivity index (χ0v) is 15.6. The van der Waals surface area contributed by atoms with Crippen LogP contribution < -0.4 is 5.73 Å². The number of H-pyrrole nitrogens is 1. The Balaban J connectivity index is 1.57. The van der Waals surface area contributed by atoms with Crippen LogP contribution in [0.1, 0.15) is 16.7 Å². The van der Waals surface area contributed by atoms with Crippen molar-refractivity contribution in [1.29, 1.82) is 0 Å². The molecule has 0 saturated carbocycles. The topological polar surface area (TPSA) is 71.3 Å². The predicted octanol–water partition coefficient (Wildman–Crippen LogP) is 3.39. The molecule has 1 amide bonds. The minimum atomic E-state index is -1.14. The van der Waals surface area contributed by atoms with Crippen molar-refractivity contribution in [2.24, 2.45) is 5.73 Å². The predicted molar refractivity (Wildman–Crippen MR) is 106 cm³/mol. The first-order chi connectivity index (χ1) is 13.5. The third-order valence-corrected chi connectivity index (χ3v) is 5.27. The quantitative estimate of drug-likeness (QED) is 0.690. The summed E-state index contributed by atoms with van der Waals surface area (Å²) in [7, 11) is 0. The van der Waals surface area contributed by atoms with E-state index in [1.165, 1.54) is 24.0 Å². The highest BCUT2D eigenvalue weighted by Gasteiger charge is 2.45. The molecule has 3 aromatic rings. The second-order valence-electron chi connectivity index (χ2n) is 7.22. The van der Waals surface area contributed by atoms with Gasteiger partial charge in [-0.3, -0.25) is 4.79 Å². The highest BCUT2D eigenvalue weighted by atomic mass is 19.1. The number of aromatic nitrogens is 1. The van der Waals surface area contributed by atoms with E-state index >= 15 is 0 Å². The number of nitrogens with one attached hydrogen (secondary N) is 1. The van der Waals surface area contributed by atoms with Crippen molar-refractivity contribution in [3.63, 3.8) is 0 Å². The van der Waals surface area contributed by atoms with Gasteiger partial charge in [-0.2, -0.15) is 0 Å². The second kappa shape index (κ2) is 7.13. The minimum absolute atomic E-state index is 0.240. The molecule has 6 heteroatoms. The minimum Gasteiger partial charge on any atom is -0.413 e. The summed E-state index contributed by atoms with van der Waals surface area (Å²) in [5.74, 6) is -0.874. The van der Waals surface area contributed by atoms with Crippen LogP contribution in [-0.4, -0.2) is 28.0 Å². The standard InChI is InChI=1S/C22H22FN3O2/c1-15-5-6-20-19(11-15)17(14-25-20)7-9-26-22(21(24)27,8-10-28-26)13-16-3-2-4-18(23)12-16/h2-6,8,10-12,14,25H,7,9,13H2,1H3,(H2,24,27). The summed E-state index contributed by atoms with van der Waals surface area (Å²) in [4.78, 5) is 21.3. The van der Waals surface area contributed by atoms with Gasteiger partial charge in [-0.25, -0.2) is 4.39 Å². The van der Waals surface area contributed by atoms with Crippen LogP contribution in [0.4, 0.5) is 4.39 Å². The van der Waals surface area contributed by atoms with Crippen molar-refractivity contribution in [3.8, 4) is 0 Å². The Morgan fingerprint density at radius 3 is 2.93 bits per heavy atom. The molecule has 4 rings (SSSR count). The number of aryl methyl sites for hydroxylation is 1. The van der Waals surface area contributed by atoms with Gasteiger partial charge >= 0.3 is 0 Å². The number of nitrogens with zero attached hydrogens (tertiary/aromatic N) is 1. The molecule has 1 atom stereocenters. The third kappa shape index (κ3) is 3.27. The van der Waals surface area contributed by atoms with Crippen molar-refractivity contribution < 1.29 is 14.0 Å². The highest BCUT2D eigenvalue weighted by Crippen LogP contribution is 2.30. The number of rotatable bonds is 6. The Morgan fingerprint density at radius 2 is 2.14 bits per heavy atom. The monoisotopic (exact) mass is 379 g/mol. The first-order valence-electron chi connectivity index (χ1n) is 9.21. The Bertz CT molecular complexity index is 1060. The molecule has 144 valence electrons. The van der Waals surface area contributed by atoms with Crippen molar-refractivity contribution >= 4 is 16.8 Å². The fourth-order valence-electron chi connectivity index (χ4n) is 3.76. The van der Waals surface area contributed by atoms with Crippen molar-refractivity contribution in [3.05, 3.63) is 83.5 Å². The molecule has 3 N–H and O–H groups in total. The number of hydrogen-bond donors (Lipinski definition) is 2. The molecule has 0 saturated heterocycles. The number of primary amides is 1. The first kappa shape index (κ1) is 18.3. The Kier molecular flexibility index (Phi) is 4.65. The lowest BCUT2D eigenvalue weighted by molar-refractivity contribution is -0.161. The van der Waals surface area contributed by atoms with E-state index in [0.29, 0.717) is 18.5 Å². The zero-order chi connectivity index (χ0) is 19.7. The summed E-state index contributed by atoms with van der Waals surface area (Å²) >= 11 is 0. The van der Waals surface area contributed by atoms with Crippen LogP contribution in [-0.2, 0) is 22.5 Å². The molecule has 1 aliphatic heterocycles. The maximum Gasteiger partial charge on any atom is 0.245 e. The van der Waals surface area contributed by atoms with E-state index in [-0.39, 0.29) is 12.2 Å². The van der Waals surface area contributed by atoms with Crippen LogP contribution in [0.2, 0.25) is 0 Å². The van der Waals surface area contributed by atoms with E-state index in [4.69, 9.17) is 10.6 Å². The van der Waals surface area contributed by atoms with Crippen LogP contribution in [0, 0.1) is 12.7 Å². The molecule has 0 radical (unpaired) electrons. The lowest BCUT2D eigenvalue weighted by atomic mass is 9.89. The van der Waals surface area contributed by atoms with Gasteiger partial charge in [0.15, 0.2) is 5.54 Å². The van der Waals surface area contributed by atoms with Gasteiger partial charge < -0.3 is 15.6 Å². The lowest BCUT2D eigenvalue weighted by Gasteiger charge is -2.33. The average Bonchev–Trinajstić information content (AvgIpc) is 3.24. The highest BCUT2D eigenvalue weighted by molar-refractivity contribution is 5.87. The van der Waals surface area contributed by atoms with Crippen LogP contribution >= 0.6 is 0 Å². The van der Waals surface area contributed by atoms with Crippen molar-refractivity contribution in [2.45, 2.75) is 25.3 Å². The molecular weight excluding hydrogens is 357 g/mol. The lowest BCUT2D eigenvalue weighted by Crippen LogP contribution is -2.55. The van der Waals surface area contributed by atoms with E-state index in [0.717, 1.165) is 16.5 Å². The molecule has 2 aromatic carbocycles. The molecule has 28 heavy (non-hydrogen) atoms. The Labute approximate surface area is 162 Å². The fraction of sp³-hybridized carbons (Fsp3) is 0.227. The SMILES string of the molecule is Cc1ccc2[nH]cc(CCN3OC=CC3(Cc3cccc(F)c3)C(N)=O)c2c1. The van der Waals surface area contributed by atoms with E-state index < -0.39 is 11.4 Å². The van der Waals surface area contributed by atoms with E-state index in [1.54, 1.807) is 23.3 Å². The summed E-state index contributed by atoms with van der Waals surface area (Å²) < 4.78 is 13.6. The number of aromatic amines is 1. The number of benzene rings is 2. The van der Waals surface area contributed by atoms with Gasteiger partial charge in [-0.15, -0.1) is 5.06 Å². The molecule has 0 aliphatic carbocycles. The molecule has 1 unspecified atom stereocenters. The maximum absolute atomic E-state index is 13.6. The van der Waals surface area contributed by atoms with E-state index in [2.05, 4.69) is 30.1 Å². The van der Waals surface area contributed by atoms with Gasteiger partial charge in [0, 0.05) is 30.1 Å². The van der Waals surface area contributed by atoms with Gasteiger partial charge in [0.25, 0.3) is 0 Å². The van der Waals surface area contributed by atoms with E-state index in [9.17, 15) is 9.18 Å². The van der Waals surface area contributed by atoms with Gasteiger partial charge in [0.1, 0.15) is 12.1 Å². The number of hydroxylamine groups is 2. The van der Waals surface area contributed by atoms with Crippen molar-refractivity contribution in [2.75, 3.05) is 6.54 Å². The van der Waals surface area contributed by atoms with E-state index in [1.807, 2.05) is 6.20 Å². The number of fused-ring (bicyclic) bond motifs is 1. The zero-order valence-electron chi connectivity index (χ0n) is 15.6. The fourth-order valence-corrected chi connectivity index (χ4v) is 3.76. The number of amides is 1. The van der Waals surface area contributed by atoms with Gasteiger partial charge in [0.2, 0.25) is 5.91 Å². The largest absolute Gasteiger partial charge is 0.413 e. The Morgan fingerprint density at radius 1 is 1.29 bits per heavy atom. The number of carbonyl (C=O) groups is 1. The first-order valence-corrected chi connectivity index (χ1v) is 9.21. The molecule has 5 nitrogen and oxygen atoms in total. The number of halogens is 1. The Hall–Kier alpha value is -3.12. The molecule has 1 aromatic heterocycles. The van der Waals surface area contributed by atoms with Crippen LogP contribution in [0.15, 0.2) is 61.0 Å². The average molecular weight is 379 g/mol. The molecule has 1 aliphatic rings. The summed E-state index contributed by atoms with van der Waals surface area (Å²) in [5.41, 5.74) is 8.69. The summed E-state index contributed by atoms with van der Waals surface area (Å²) in [6.45, 7) is 2.52. The van der Waals surface area contributed by atoms with Gasteiger partial charge in [0.05, 0.1) is 0 Å². The van der Waals surface area contributed by atoms with Gasteiger partial charge in [-0.1, -0.05) is 23.8 Å². The number of carbonyl (C=O) groups excluding carboxylic acids is 1. The van der Waals surface area contributed by atoms with Crippen LogP contribution in [0.25, 0.3) is 10.9 Å². The summed E-state index contributed by atoms with van der Waals surface area (Å²) in [6.07, 6.45) is 6.02. The molecule has 0 spiro atoms. The normalized spacial score (nSPS) is 19.2.